The van der Waals surface area contributed by atoms with Gasteiger partial charge >= 0.3 is 0 Å². The highest BCUT2D eigenvalue weighted by molar-refractivity contribution is 4.72. The Bertz CT molecular complexity index is 184. The van der Waals surface area contributed by atoms with E-state index in [-0.39, 0.29) is 0 Å². The third-order valence-corrected chi connectivity index (χ3v) is 2.25. The van der Waals surface area contributed by atoms with E-state index < -0.39 is 5.79 Å². The molecular weight excluding hydrogens is 194 g/mol. The molecular formula is C11H21NO3. The zero-order valence-electron chi connectivity index (χ0n) is 9.62. The van der Waals surface area contributed by atoms with Gasteiger partial charge in [0.2, 0.25) is 0 Å². The summed E-state index contributed by atoms with van der Waals surface area (Å²) in [5, 5.41) is 3.35. The Kier molecular flexibility index (Phi) is 5.08. The number of rotatable bonds is 6. The van der Waals surface area contributed by atoms with Crippen LogP contribution in [-0.4, -0.2) is 38.2 Å². The highest BCUT2D eigenvalue weighted by Gasteiger charge is 2.27. The quantitative estimate of drug-likeness (QED) is 0.535. The minimum absolute atomic E-state index is 0.293. The van der Waals surface area contributed by atoms with Crippen molar-refractivity contribution < 1.29 is 14.2 Å². The minimum Gasteiger partial charge on any atom is -0.502 e. The summed E-state index contributed by atoms with van der Waals surface area (Å²) < 4.78 is 16.1. The van der Waals surface area contributed by atoms with Gasteiger partial charge in [0.15, 0.2) is 5.79 Å². The fraction of sp³-hybridized carbons (Fsp3) is 0.818. The molecule has 1 saturated heterocycles. The van der Waals surface area contributed by atoms with Crippen molar-refractivity contribution in [1.82, 2.24) is 5.32 Å². The molecule has 4 heteroatoms. The van der Waals surface area contributed by atoms with Gasteiger partial charge in [0.1, 0.15) is 0 Å². The van der Waals surface area contributed by atoms with Gasteiger partial charge in [-0.3, -0.25) is 0 Å². The van der Waals surface area contributed by atoms with Crippen LogP contribution in [0, 0.1) is 0 Å². The molecule has 15 heavy (non-hydrogen) atoms. The summed E-state index contributed by atoms with van der Waals surface area (Å²) in [5.41, 5.74) is 0. The molecule has 0 unspecified atom stereocenters. The van der Waals surface area contributed by atoms with Crippen LogP contribution >= 0.6 is 0 Å². The van der Waals surface area contributed by atoms with Gasteiger partial charge in [0, 0.05) is 0 Å². The number of nitrogens with one attached hydrogen (secondary N) is 1. The summed E-state index contributed by atoms with van der Waals surface area (Å²) in [5.74, 6) is -0.426. The topological polar surface area (TPSA) is 39.7 Å². The molecule has 1 N–H and O–H groups in total. The zero-order chi connectivity index (χ0) is 11.1. The summed E-state index contributed by atoms with van der Waals surface area (Å²) in [6.45, 7) is 10.4. The van der Waals surface area contributed by atoms with Crippen LogP contribution in [0.2, 0.25) is 0 Å². The summed E-state index contributed by atoms with van der Waals surface area (Å²) in [7, 11) is 0. The van der Waals surface area contributed by atoms with Crippen molar-refractivity contribution in [2.24, 2.45) is 0 Å². The molecule has 4 nitrogen and oxygen atoms in total. The lowest BCUT2D eigenvalue weighted by Gasteiger charge is -2.35. The van der Waals surface area contributed by atoms with E-state index in [9.17, 15) is 0 Å². The first-order valence-electron chi connectivity index (χ1n) is 5.38. The van der Waals surface area contributed by atoms with Crippen LogP contribution in [0.15, 0.2) is 12.8 Å². The Morgan fingerprint density at radius 2 is 2.13 bits per heavy atom. The average molecular weight is 215 g/mol. The normalized spacial score (nSPS) is 21.2. The van der Waals surface area contributed by atoms with Crippen molar-refractivity contribution in [3.8, 4) is 0 Å². The first-order valence-corrected chi connectivity index (χ1v) is 5.38. The minimum atomic E-state index is -0.426. The van der Waals surface area contributed by atoms with Crippen LogP contribution in [0.3, 0.4) is 0 Å². The first-order chi connectivity index (χ1) is 7.14. The summed E-state index contributed by atoms with van der Waals surface area (Å²) >= 11 is 0. The Labute approximate surface area is 91.6 Å². The Balaban J connectivity index is 2.01. The van der Waals surface area contributed by atoms with Crippen LogP contribution in [-0.2, 0) is 14.2 Å². The molecule has 88 valence electrons. The lowest BCUT2D eigenvalue weighted by molar-refractivity contribution is -0.252. The van der Waals surface area contributed by atoms with Gasteiger partial charge < -0.3 is 19.5 Å². The number of hydrogen-bond acceptors (Lipinski definition) is 4. The molecule has 0 atom stereocenters. The van der Waals surface area contributed by atoms with Crippen LogP contribution in [0.5, 0.6) is 0 Å². The molecule has 1 fully saturated rings. The maximum Gasteiger partial charge on any atom is 0.162 e. The fourth-order valence-corrected chi connectivity index (χ4v) is 1.36. The highest BCUT2D eigenvalue weighted by atomic mass is 16.7. The molecule has 0 radical (unpaired) electrons. The molecule has 0 aromatic carbocycles. The van der Waals surface area contributed by atoms with Crippen molar-refractivity contribution in [1.29, 1.82) is 0 Å². The van der Waals surface area contributed by atoms with E-state index in [0.717, 1.165) is 13.0 Å². The van der Waals surface area contributed by atoms with Gasteiger partial charge in [-0.15, -0.1) is 0 Å². The van der Waals surface area contributed by atoms with Gasteiger partial charge in [0.05, 0.1) is 32.1 Å². The standard InChI is InChI=1S/C11H21NO3/c1-4-13-7-5-6-12-10-8-14-11(2,3)15-9-10/h4,10,12H,1,5-9H2,2-3H3. The van der Waals surface area contributed by atoms with E-state index in [1.54, 1.807) is 0 Å². The van der Waals surface area contributed by atoms with E-state index in [4.69, 9.17) is 14.2 Å². The lowest BCUT2D eigenvalue weighted by atomic mass is 10.2. The van der Waals surface area contributed by atoms with Crippen molar-refractivity contribution in [3.63, 3.8) is 0 Å². The summed E-state index contributed by atoms with van der Waals surface area (Å²) in [6, 6.07) is 0.293. The predicted octanol–water partition coefficient (Wildman–Crippen LogP) is 1.28. The van der Waals surface area contributed by atoms with Crippen molar-refractivity contribution in [2.45, 2.75) is 32.1 Å². The van der Waals surface area contributed by atoms with Crippen LogP contribution in [0.1, 0.15) is 20.3 Å². The maximum atomic E-state index is 5.52. The summed E-state index contributed by atoms with van der Waals surface area (Å²) in [4.78, 5) is 0. The smallest absolute Gasteiger partial charge is 0.162 e. The molecule has 0 aliphatic carbocycles. The second-order valence-corrected chi connectivity index (χ2v) is 4.06. The molecule has 0 saturated carbocycles. The summed E-state index contributed by atoms with van der Waals surface area (Å²) in [6.07, 6.45) is 2.43. The fourth-order valence-electron chi connectivity index (χ4n) is 1.36. The first kappa shape index (κ1) is 12.5. The SMILES string of the molecule is C=COCCCNC1COC(C)(C)OC1. The Hall–Kier alpha value is -0.580. The maximum absolute atomic E-state index is 5.52. The van der Waals surface area contributed by atoms with Gasteiger partial charge in [0.25, 0.3) is 0 Å². The van der Waals surface area contributed by atoms with Crippen molar-refractivity contribution >= 4 is 0 Å². The molecule has 0 spiro atoms. The van der Waals surface area contributed by atoms with Gasteiger partial charge in [-0.1, -0.05) is 6.58 Å². The molecule has 1 aliphatic rings. The van der Waals surface area contributed by atoms with E-state index >= 15 is 0 Å². The Morgan fingerprint density at radius 1 is 1.47 bits per heavy atom. The van der Waals surface area contributed by atoms with Crippen LogP contribution in [0.25, 0.3) is 0 Å². The van der Waals surface area contributed by atoms with E-state index in [0.29, 0.717) is 25.9 Å². The second-order valence-electron chi connectivity index (χ2n) is 4.06. The molecule has 1 rings (SSSR count). The average Bonchev–Trinajstić information content (AvgIpc) is 2.20. The Morgan fingerprint density at radius 3 is 2.73 bits per heavy atom. The predicted molar refractivity (Wildman–Crippen MR) is 58.5 cm³/mol. The van der Waals surface area contributed by atoms with Gasteiger partial charge in [-0.2, -0.15) is 0 Å². The number of ether oxygens (including phenoxy) is 3. The van der Waals surface area contributed by atoms with E-state index in [1.165, 1.54) is 6.26 Å². The monoisotopic (exact) mass is 215 g/mol. The van der Waals surface area contributed by atoms with Crippen molar-refractivity contribution in [2.75, 3.05) is 26.4 Å². The largest absolute Gasteiger partial charge is 0.502 e. The van der Waals surface area contributed by atoms with Crippen LogP contribution < -0.4 is 5.32 Å². The van der Waals surface area contributed by atoms with Crippen molar-refractivity contribution in [3.05, 3.63) is 12.8 Å². The third-order valence-electron chi connectivity index (χ3n) is 2.25. The van der Waals surface area contributed by atoms with Gasteiger partial charge in [-0.05, 0) is 26.8 Å². The number of hydrogen-bond donors (Lipinski definition) is 1. The molecule has 1 aliphatic heterocycles. The van der Waals surface area contributed by atoms with Crippen LogP contribution in [0.4, 0.5) is 0 Å². The highest BCUT2D eigenvalue weighted by Crippen LogP contribution is 2.16. The third kappa shape index (κ3) is 5.16. The zero-order valence-corrected chi connectivity index (χ0v) is 9.62. The molecule has 0 amide bonds. The molecule has 0 aromatic rings. The lowest BCUT2D eigenvalue weighted by Crippen LogP contribution is -2.48. The van der Waals surface area contributed by atoms with Gasteiger partial charge in [-0.25, -0.2) is 0 Å². The molecule has 1 heterocycles. The van der Waals surface area contributed by atoms with E-state index in [1.807, 2.05) is 13.8 Å². The molecule has 0 aromatic heterocycles. The second kappa shape index (κ2) is 6.10. The molecule has 0 bridgehead atoms. The van der Waals surface area contributed by atoms with E-state index in [2.05, 4.69) is 11.9 Å².